The molecule has 2 aromatic rings. The maximum absolute atomic E-state index is 12.3. The Labute approximate surface area is 165 Å². The lowest BCUT2D eigenvalue weighted by atomic mass is 10.0. The molecule has 0 bridgehead atoms. The van der Waals surface area contributed by atoms with Crippen molar-refractivity contribution in [3.8, 4) is 11.3 Å². The van der Waals surface area contributed by atoms with E-state index in [1.807, 2.05) is 37.3 Å². The highest BCUT2D eigenvalue weighted by atomic mass is 16.6. The Bertz CT molecular complexity index is 893. The summed E-state index contributed by atoms with van der Waals surface area (Å²) in [4.78, 5) is 14.1. The molecule has 28 heavy (non-hydrogen) atoms. The molecule has 0 aromatic carbocycles. The quantitative estimate of drug-likeness (QED) is 0.801. The molecule has 1 amide bonds. The Balaban J connectivity index is 1.29. The van der Waals surface area contributed by atoms with Gasteiger partial charge in [0.2, 0.25) is 0 Å². The van der Waals surface area contributed by atoms with E-state index < -0.39 is 5.60 Å². The Morgan fingerprint density at radius 3 is 2.64 bits per heavy atom. The minimum atomic E-state index is -0.459. The molecule has 3 fully saturated rings. The van der Waals surface area contributed by atoms with Crippen LogP contribution in [0.1, 0.15) is 51.0 Å². The molecular formula is C21H28N4O3. The van der Waals surface area contributed by atoms with Crippen LogP contribution < -0.4 is 0 Å². The van der Waals surface area contributed by atoms with Crippen molar-refractivity contribution in [2.45, 2.75) is 58.6 Å². The van der Waals surface area contributed by atoms with Gasteiger partial charge in [-0.2, -0.15) is 5.10 Å². The third-order valence-corrected chi connectivity index (χ3v) is 6.09. The fourth-order valence-corrected chi connectivity index (χ4v) is 4.50. The van der Waals surface area contributed by atoms with Crippen molar-refractivity contribution in [2.24, 2.45) is 17.8 Å². The van der Waals surface area contributed by atoms with Crippen LogP contribution in [0.25, 0.3) is 11.3 Å². The van der Waals surface area contributed by atoms with Crippen LogP contribution in [0, 0.1) is 24.7 Å². The van der Waals surface area contributed by atoms with Crippen molar-refractivity contribution in [3.63, 3.8) is 0 Å². The molecule has 2 unspecified atom stereocenters. The molecule has 7 heteroatoms. The molecule has 3 heterocycles. The number of ether oxygens (including phenoxy) is 1. The summed E-state index contributed by atoms with van der Waals surface area (Å²) in [5, 5.41) is 9.16. The van der Waals surface area contributed by atoms with Gasteiger partial charge in [-0.05, 0) is 64.4 Å². The second-order valence-corrected chi connectivity index (χ2v) is 9.60. The predicted molar refractivity (Wildman–Crippen MR) is 103 cm³/mol. The maximum Gasteiger partial charge on any atom is 0.410 e. The number of nitrogens with zero attached hydrogens (tertiary/aromatic N) is 4. The number of aryl methyl sites for hydroxylation is 1. The van der Waals surface area contributed by atoms with Crippen LogP contribution in [0.5, 0.6) is 0 Å². The number of rotatable bonds is 4. The lowest BCUT2D eigenvalue weighted by Crippen LogP contribution is -2.36. The average molecular weight is 384 g/mol. The molecule has 3 aliphatic rings. The van der Waals surface area contributed by atoms with E-state index in [0.29, 0.717) is 17.8 Å². The van der Waals surface area contributed by atoms with Gasteiger partial charge in [-0.3, -0.25) is 4.68 Å². The number of hydrogen-bond acceptors (Lipinski definition) is 5. The molecule has 2 aromatic heterocycles. The van der Waals surface area contributed by atoms with E-state index in [1.165, 1.54) is 12.8 Å². The van der Waals surface area contributed by atoms with Crippen molar-refractivity contribution >= 4 is 6.09 Å². The number of amides is 1. The van der Waals surface area contributed by atoms with Crippen molar-refractivity contribution in [1.82, 2.24) is 19.8 Å². The predicted octanol–water partition coefficient (Wildman–Crippen LogP) is 3.84. The van der Waals surface area contributed by atoms with Crippen LogP contribution in [0.2, 0.25) is 0 Å². The van der Waals surface area contributed by atoms with Gasteiger partial charge in [0.1, 0.15) is 11.4 Å². The minimum absolute atomic E-state index is 0.214. The molecule has 0 radical (unpaired) electrons. The summed E-state index contributed by atoms with van der Waals surface area (Å²) in [6.45, 7) is 10.1. The fourth-order valence-electron chi connectivity index (χ4n) is 4.50. The second-order valence-electron chi connectivity index (χ2n) is 9.60. The summed E-state index contributed by atoms with van der Waals surface area (Å²) in [7, 11) is 0. The van der Waals surface area contributed by atoms with Crippen molar-refractivity contribution in [2.75, 3.05) is 13.1 Å². The summed E-state index contributed by atoms with van der Waals surface area (Å²) in [5.41, 5.74) is 2.54. The first-order chi connectivity index (χ1) is 13.3. The number of hydrogen-bond donors (Lipinski definition) is 0. The molecule has 150 valence electrons. The van der Waals surface area contributed by atoms with Crippen LogP contribution in [0.15, 0.2) is 16.8 Å². The lowest BCUT2D eigenvalue weighted by molar-refractivity contribution is 0.0270. The zero-order valence-corrected chi connectivity index (χ0v) is 17.0. The van der Waals surface area contributed by atoms with Crippen LogP contribution in [-0.2, 0) is 11.3 Å². The van der Waals surface area contributed by atoms with Crippen LogP contribution in [-0.4, -0.2) is 44.6 Å². The third-order valence-electron chi connectivity index (χ3n) is 6.09. The molecule has 1 aliphatic heterocycles. The van der Waals surface area contributed by atoms with Crippen LogP contribution >= 0.6 is 0 Å². The summed E-state index contributed by atoms with van der Waals surface area (Å²) >= 11 is 0. The van der Waals surface area contributed by atoms with Gasteiger partial charge in [0.05, 0.1) is 17.0 Å². The SMILES string of the molecule is Cc1onc(C2C3CN(C(=O)OC(C)(C)C)CC32)c1-c1ccn(CC2CC2)n1. The fraction of sp³-hybridized carbons (Fsp3) is 0.667. The molecule has 2 saturated carbocycles. The molecule has 5 rings (SSSR count). The second kappa shape index (κ2) is 6.09. The lowest BCUT2D eigenvalue weighted by Gasteiger charge is -2.25. The molecule has 0 spiro atoms. The van der Waals surface area contributed by atoms with Gasteiger partial charge in [-0.1, -0.05) is 5.16 Å². The highest BCUT2D eigenvalue weighted by Crippen LogP contribution is 2.59. The molecular weight excluding hydrogens is 356 g/mol. The van der Waals surface area contributed by atoms with Gasteiger partial charge >= 0.3 is 6.09 Å². The summed E-state index contributed by atoms with van der Waals surface area (Å²) in [6, 6.07) is 2.07. The zero-order valence-electron chi connectivity index (χ0n) is 17.0. The number of carbonyl (C=O) groups is 1. The van der Waals surface area contributed by atoms with E-state index in [0.717, 1.165) is 48.3 Å². The first kappa shape index (κ1) is 17.8. The van der Waals surface area contributed by atoms with Gasteiger partial charge in [-0.25, -0.2) is 4.79 Å². The van der Waals surface area contributed by atoms with Gasteiger partial charge in [0.15, 0.2) is 0 Å². The Morgan fingerprint density at radius 1 is 1.29 bits per heavy atom. The van der Waals surface area contributed by atoms with E-state index >= 15 is 0 Å². The van der Waals surface area contributed by atoms with Crippen molar-refractivity contribution in [3.05, 3.63) is 23.7 Å². The van der Waals surface area contributed by atoms with Crippen LogP contribution in [0.3, 0.4) is 0 Å². The van der Waals surface area contributed by atoms with Crippen molar-refractivity contribution < 1.29 is 14.1 Å². The van der Waals surface area contributed by atoms with Crippen molar-refractivity contribution in [1.29, 1.82) is 0 Å². The smallest absolute Gasteiger partial charge is 0.410 e. The van der Waals surface area contributed by atoms with Gasteiger partial charge < -0.3 is 14.2 Å². The summed E-state index contributed by atoms with van der Waals surface area (Å²) in [6.07, 6.45) is 4.47. The number of carbonyl (C=O) groups excluding carboxylic acids is 1. The highest BCUT2D eigenvalue weighted by molar-refractivity contribution is 5.70. The molecule has 0 N–H and O–H groups in total. The number of likely N-dealkylation sites (tertiary alicyclic amines) is 1. The largest absolute Gasteiger partial charge is 0.444 e. The molecule has 1 saturated heterocycles. The molecule has 7 nitrogen and oxygen atoms in total. The standard InChI is InChI=1S/C21H28N4O3/c1-12-17(16-7-8-25(22-16)9-13-5-6-13)19(23-28-12)18-14-10-24(11-15(14)18)20(26)27-21(2,3)4/h7-8,13-15,18H,5-6,9-11H2,1-4H3. The first-order valence-electron chi connectivity index (χ1n) is 10.3. The summed E-state index contributed by atoms with van der Waals surface area (Å²) < 4.78 is 13.1. The monoisotopic (exact) mass is 384 g/mol. The van der Waals surface area contributed by atoms with E-state index in [4.69, 9.17) is 14.4 Å². The van der Waals surface area contributed by atoms with Gasteiger partial charge in [0, 0.05) is 31.7 Å². The van der Waals surface area contributed by atoms with E-state index in [9.17, 15) is 4.79 Å². The van der Waals surface area contributed by atoms with Gasteiger partial charge in [-0.15, -0.1) is 0 Å². The number of fused-ring (bicyclic) bond motifs is 1. The number of piperidine rings is 1. The molecule has 2 aliphatic carbocycles. The first-order valence-corrected chi connectivity index (χ1v) is 10.3. The normalized spacial score (nSPS) is 26.4. The molecule has 2 atom stereocenters. The van der Waals surface area contributed by atoms with E-state index in [2.05, 4.69) is 17.4 Å². The Morgan fingerprint density at radius 2 is 2.00 bits per heavy atom. The zero-order chi connectivity index (χ0) is 19.6. The third kappa shape index (κ3) is 3.20. The van der Waals surface area contributed by atoms with E-state index in [-0.39, 0.29) is 6.09 Å². The average Bonchev–Trinajstić information content (AvgIpc) is 3.34. The minimum Gasteiger partial charge on any atom is -0.444 e. The van der Waals surface area contributed by atoms with E-state index in [1.54, 1.807) is 0 Å². The van der Waals surface area contributed by atoms with Crippen LogP contribution in [0.4, 0.5) is 4.79 Å². The Kier molecular flexibility index (Phi) is 3.87. The summed E-state index contributed by atoms with van der Waals surface area (Å²) in [5.74, 6) is 2.83. The Hall–Kier alpha value is -2.31. The topological polar surface area (TPSA) is 73.4 Å². The highest BCUT2D eigenvalue weighted by Gasteiger charge is 2.59. The maximum atomic E-state index is 12.3. The number of aromatic nitrogens is 3. The van der Waals surface area contributed by atoms with Gasteiger partial charge in [0.25, 0.3) is 0 Å².